The molecule has 0 heterocycles. The Labute approximate surface area is 216 Å². The number of hydrogen-bond donors (Lipinski definition) is 1. The first-order valence-electron chi connectivity index (χ1n) is 11.4. The zero-order chi connectivity index (χ0) is 27.0. The van der Waals surface area contributed by atoms with Crippen molar-refractivity contribution in [3.8, 4) is 0 Å². The Morgan fingerprint density at radius 3 is 1.72 bits per heavy atom. The minimum Gasteiger partial charge on any atom is -0.481 e. The van der Waals surface area contributed by atoms with Gasteiger partial charge in [-0.2, -0.15) is 49.9 Å². The van der Waals surface area contributed by atoms with E-state index < -0.39 is 29.4 Å². The second-order valence-electron chi connectivity index (χ2n) is 9.44. The Bertz CT molecular complexity index is 954. The van der Waals surface area contributed by atoms with Crippen LogP contribution in [0.1, 0.15) is 61.8 Å². The Morgan fingerprint density at radius 2 is 1.28 bits per heavy atom. The minimum atomic E-state index is -4.38. The third-order valence-corrected chi connectivity index (χ3v) is 8.18. The molecule has 0 fully saturated rings. The molecule has 200 valence electrons. The summed E-state index contributed by atoms with van der Waals surface area (Å²) in [6.07, 6.45) is -6.46. The van der Waals surface area contributed by atoms with Gasteiger partial charge in [0.2, 0.25) is 0 Å². The third-order valence-electron chi connectivity index (χ3n) is 5.67. The highest BCUT2D eigenvalue weighted by Crippen LogP contribution is 2.35. The van der Waals surface area contributed by atoms with Gasteiger partial charge in [0.15, 0.2) is 0 Å². The van der Waals surface area contributed by atoms with E-state index in [1.165, 1.54) is 24.3 Å². The molecule has 0 radical (unpaired) electrons. The molecule has 10 heteroatoms. The lowest BCUT2D eigenvalue weighted by Gasteiger charge is -2.25. The van der Waals surface area contributed by atoms with Gasteiger partial charge in [-0.05, 0) is 65.8 Å². The minimum absolute atomic E-state index is 0.0476. The summed E-state index contributed by atoms with van der Waals surface area (Å²) >= 11 is 3.24. The summed E-state index contributed by atoms with van der Waals surface area (Å²) in [7, 11) is 0. The van der Waals surface area contributed by atoms with Crippen molar-refractivity contribution in [2.24, 2.45) is 5.41 Å². The van der Waals surface area contributed by atoms with E-state index in [0.717, 1.165) is 54.0 Å². The molecule has 0 aromatic heterocycles. The standard InChI is InChI=1S/C26H30F6O2S2/c1-24(2,15-23(33)34)13-11-22(36-17-19-5-9-21(10-6-19)26(30,31)32)12-14-35-16-18-3-7-20(8-4-18)25(27,28)29/h3-10,22H,11-17H2,1-2H3,(H,33,34)/t22-/m1/s1. The molecule has 0 amide bonds. The summed E-state index contributed by atoms with van der Waals surface area (Å²) in [6, 6.07) is 10.2. The SMILES string of the molecule is CC(C)(CC[C@H](CCSCc1ccc(C(F)(F)F)cc1)SCc1ccc(C(F)(F)F)cc1)CC(=O)O. The monoisotopic (exact) mass is 552 g/mol. The van der Waals surface area contributed by atoms with Crippen molar-refractivity contribution in [3.63, 3.8) is 0 Å². The molecule has 0 bridgehead atoms. The maximum atomic E-state index is 12.8. The number of rotatable bonds is 13. The molecule has 1 atom stereocenters. The summed E-state index contributed by atoms with van der Waals surface area (Å²) < 4.78 is 76.6. The second kappa shape index (κ2) is 13.1. The summed E-state index contributed by atoms with van der Waals surface area (Å²) in [5.74, 6) is 0.997. The number of carboxylic acid groups (broad SMARTS) is 1. The van der Waals surface area contributed by atoms with E-state index in [-0.39, 0.29) is 17.1 Å². The lowest BCUT2D eigenvalue weighted by molar-refractivity contribution is -0.139. The number of halogens is 6. The predicted molar refractivity (Wildman–Crippen MR) is 134 cm³/mol. The number of hydrogen-bond acceptors (Lipinski definition) is 3. The van der Waals surface area contributed by atoms with Crippen LogP contribution in [0.5, 0.6) is 0 Å². The van der Waals surface area contributed by atoms with Crippen molar-refractivity contribution >= 4 is 29.5 Å². The van der Waals surface area contributed by atoms with Gasteiger partial charge in [0.25, 0.3) is 0 Å². The Balaban J connectivity index is 1.92. The fourth-order valence-corrected chi connectivity index (χ4v) is 5.92. The van der Waals surface area contributed by atoms with Crippen LogP contribution in [0.15, 0.2) is 48.5 Å². The first kappa shape index (κ1) is 30.4. The van der Waals surface area contributed by atoms with Crippen LogP contribution < -0.4 is 0 Å². The molecule has 0 unspecified atom stereocenters. The van der Waals surface area contributed by atoms with Gasteiger partial charge < -0.3 is 5.11 Å². The maximum Gasteiger partial charge on any atom is 0.416 e. The number of thioether (sulfide) groups is 2. The van der Waals surface area contributed by atoms with Crippen LogP contribution in [0.4, 0.5) is 26.3 Å². The molecule has 0 spiro atoms. The van der Waals surface area contributed by atoms with Gasteiger partial charge in [-0.25, -0.2) is 0 Å². The van der Waals surface area contributed by atoms with Crippen molar-refractivity contribution < 1.29 is 36.2 Å². The van der Waals surface area contributed by atoms with E-state index in [2.05, 4.69) is 0 Å². The van der Waals surface area contributed by atoms with Crippen LogP contribution in [0.3, 0.4) is 0 Å². The van der Waals surface area contributed by atoms with Crippen LogP contribution in [0.2, 0.25) is 0 Å². The van der Waals surface area contributed by atoms with Crippen molar-refractivity contribution in [3.05, 3.63) is 70.8 Å². The summed E-state index contributed by atoms with van der Waals surface area (Å²) in [4.78, 5) is 11.1. The summed E-state index contributed by atoms with van der Waals surface area (Å²) in [6.45, 7) is 3.80. The van der Waals surface area contributed by atoms with E-state index in [1.54, 1.807) is 23.5 Å². The smallest absolute Gasteiger partial charge is 0.416 e. The predicted octanol–water partition coefficient (Wildman–Crippen LogP) is 8.93. The van der Waals surface area contributed by atoms with E-state index in [4.69, 9.17) is 5.11 Å². The lowest BCUT2D eigenvalue weighted by atomic mass is 9.84. The van der Waals surface area contributed by atoms with Crippen LogP contribution in [0.25, 0.3) is 0 Å². The molecule has 2 rings (SSSR count). The zero-order valence-electron chi connectivity index (χ0n) is 20.1. The van der Waals surface area contributed by atoms with Gasteiger partial charge in [0, 0.05) is 16.8 Å². The first-order valence-corrected chi connectivity index (χ1v) is 13.6. The molecule has 0 saturated heterocycles. The third kappa shape index (κ3) is 11.1. The quantitative estimate of drug-likeness (QED) is 0.199. The Kier molecular flexibility index (Phi) is 11.1. The number of carboxylic acids is 1. The number of benzene rings is 2. The molecule has 0 aliphatic heterocycles. The highest BCUT2D eigenvalue weighted by atomic mass is 32.2. The molecule has 0 saturated carbocycles. The molecule has 2 aromatic carbocycles. The van der Waals surface area contributed by atoms with E-state index in [9.17, 15) is 31.1 Å². The molecule has 2 nitrogen and oxygen atoms in total. The molecule has 0 aliphatic rings. The van der Waals surface area contributed by atoms with Crippen molar-refractivity contribution in [1.29, 1.82) is 0 Å². The molecule has 1 N–H and O–H groups in total. The largest absolute Gasteiger partial charge is 0.481 e. The fourth-order valence-electron chi connectivity index (χ4n) is 3.56. The Morgan fingerprint density at radius 1 is 0.806 bits per heavy atom. The normalized spacial score (nSPS) is 13.6. The Hall–Kier alpha value is -1.81. The van der Waals surface area contributed by atoms with Crippen LogP contribution in [0, 0.1) is 5.41 Å². The van der Waals surface area contributed by atoms with E-state index >= 15 is 0 Å². The van der Waals surface area contributed by atoms with Crippen LogP contribution >= 0.6 is 23.5 Å². The van der Waals surface area contributed by atoms with Crippen molar-refractivity contribution in [1.82, 2.24) is 0 Å². The fraction of sp³-hybridized carbons (Fsp3) is 0.500. The first-order chi connectivity index (χ1) is 16.7. The van der Waals surface area contributed by atoms with Gasteiger partial charge >= 0.3 is 18.3 Å². The topological polar surface area (TPSA) is 37.3 Å². The van der Waals surface area contributed by atoms with E-state index in [0.29, 0.717) is 17.9 Å². The molecular formula is C26H30F6O2S2. The molecular weight excluding hydrogens is 522 g/mol. The number of aliphatic carboxylic acids is 1. The molecule has 2 aromatic rings. The van der Waals surface area contributed by atoms with Crippen molar-refractivity contribution in [2.75, 3.05) is 5.75 Å². The second-order valence-corrected chi connectivity index (χ2v) is 11.8. The maximum absolute atomic E-state index is 12.8. The summed E-state index contributed by atoms with van der Waals surface area (Å²) in [5.41, 5.74) is -0.181. The van der Waals surface area contributed by atoms with Crippen LogP contribution in [-0.4, -0.2) is 22.1 Å². The average Bonchev–Trinajstić information content (AvgIpc) is 2.76. The van der Waals surface area contributed by atoms with Gasteiger partial charge in [0.05, 0.1) is 17.5 Å². The lowest BCUT2D eigenvalue weighted by Crippen LogP contribution is -2.19. The van der Waals surface area contributed by atoms with Gasteiger partial charge in [-0.3, -0.25) is 4.79 Å². The highest BCUT2D eigenvalue weighted by molar-refractivity contribution is 7.99. The zero-order valence-corrected chi connectivity index (χ0v) is 21.7. The number of carbonyl (C=O) groups is 1. The molecule has 0 aliphatic carbocycles. The van der Waals surface area contributed by atoms with Crippen LogP contribution in [-0.2, 0) is 28.7 Å². The van der Waals surface area contributed by atoms with Gasteiger partial charge in [0.1, 0.15) is 0 Å². The number of alkyl halides is 6. The summed E-state index contributed by atoms with van der Waals surface area (Å²) in [5, 5.41) is 9.31. The average molecular weight is 553 g/mol. The van der Waals surface area contributed by atoms with E-state index in [1.807, 2.05) is 13.8 Å². The molecule has 36 heavy (non-hydrogen) atoms. The van der Waals surface area contributed by atoms with Gasteiger partial charge in [-0.15, -0.1) is 0 Å². The van der Waals surface area contributed by atoms with Crippen molar-refractivity contribution in [2.45, 2.75) is 68.6 Å². The highest BCUT2D eigenvalue weighted by Gasteiger charge is 2.31. The van der Waals surface area contributed by atoms with Gasteiger partial charge in [-0.1, -0.05) is 38.1 Å².